The summed E-state index contributed by atoms with van der Waals surface area (Å²) in [7, 11) is 0. The van der Waals surface area contributed by atoms with Crippen molar-refractivity contribution >= 4 is 11.6 Å². The van der Waals surface area contributed by atoms with E-state index < -0.39 is 0 Å². The summed E-state index contributed by atoms with van der Waals surface area (Å²) in [6.07, 6.45) is 5.05. The summed E-state index contributed by atoms with van der Waals surface area (Å²) in [5.74, 6) is 0.577. The number of carbonyl (C=O) groups is 1. The fourth-order valence-electron chi connectivity index (χ4n) is 3.19. The first-order valence-corrected chi connectivity index (χ1v) is 7.53. The van der Waals surface area contributed by atoms with Crippen molar-refractivity contribution < 1.29 is 9.90 Å². The van der Waals surface area contributed by atoms with Gasteiger partial charge in [-0.15, -0.1) is 0 Å². The third-order valence-corrected chi connectivity index (χ3v) is 4.50. The molecule has 112 valence electrons. The van der Waals surface area contributed by atoms with E-state index in [9.17, 15) is 9.90 Å². The first-order valence-electron chi connectivity index (χ1n) is 7.53. The van der Waals surface area contributed by atoms with Crippen molar-refractivity contribution in [3.63, 3.8) is 0 Å². The lowest BCUT2D eigenvalue weighted by Gasteiger charge is -2.17. The van der Waals surface area contributed by atoms with Crippen LogP contribution in [0.3, 0.4) is 0 Å². The summed E-state index contributed by atoms with van der Waals surface area (Å²) in [6, 6.07) is 5.81. The molecule has 0 radical (unpaired) electrons. The molecule has 0 bridgehead atoms. The number of carbonyl (C=O) groups excluding carboxylic acids is 1. The summed E-state index contributed by atoms with van der Waals surface area (Å²) in [5.41, 5.74) is 2.28. The second-order valence-corrected chi connectivity index (χ2v) is 5.87. The van der Waals surface area contributed by atoms with Crippen LogP contribution in [0.1, 0.15) is 35.4 Å². The van der Waals surface area contributed by atoms with Gasteiger partial charge in [0.2, 0.25) is 0 Å². The lowest BCUT2D eigenvalue weighted by molar-refractivity contribution is 0.0933. The molecular formula is C16H21N3O2. The van der Waals surface area contributed by atoms with E-state index >= 15 is 0 Å². The van der Waals surface area contributed by atoms with Gasteiger partial charge in [-0.25, -0.2) is 4.98 Å². The Balaban J connectivity index is 1.68. The zero-order valence-electron chi connectivity index (χ0n) is 12.2. The first-order chi connectivity index (χ1) is 10.2. The van der Waals surface area contributed by atoms with Crippen LogP contribution in [0.5, 0.6) is 0 Å². The van der Waals surface area contributed by atoms with Gasteiger partial charge < -0.3 is 14.8 Å². The van der Waals surface area contributed by atoms with Crippen molar-refractivity contribution in [2.45, 2.75) is 26.2 Å². The number of imidazole rings is 1. The normalized spacial score (nSPS) is 21.8. The van der Waals surface area contributed by atoms with Crippen molar-refractivity contribution in [3.8, 4) is 0 Å². The largest absolute Gasteiger partial charge is 0.396 e. The number of hydrogen-bond donors (Lipinski definition) is 2. The Kier molecular flexibility index (Phi) is 3.92. The average molecular weight is 287 g/mol. The average Bonchev–Trinajstić information content (AvgIpc) is 3.11. The Labute approximate surface area is 124 Å². The smallest absolute Gasteiger partial charge is 0.271 e. The molecule has 1 aliphatic carbocycles. The molecule has 0 spiro atoms. The number of aromatic nitrogens is 2. The number of amides is 1. The number of nitrogens with one attached hydrogen (secondary N) is 1. The van der Waals surface area contributed by atoms with Gasteiger partial charge in [0.1, 0.15) is 11.3 Å². The minimum Gasteiger partial charge on any atom is -0.396 e. The second-order valence-electron chi connectivity index (χ2n) is 5.87. The molecule has 0 aromatic carbocycles. The van der Waals surface area contributed by atoms with Crippen LogP contribution in [0, 0.1) is 18.8 Å². The number of hydrogen-bond acceptors (Lipinski definition) is 3. The number of aliphatic hydroxyl groups excluding tert-OH is 1. The van der Waals surface area contributed by atoms with Crippen LogP contribution in [0.25, 0.3) is 5.65 Å². The predicted octanol–water partition coefficient (Wildman–Crippen LogP) is 1.78. The zero-order chi connectivity index (χ0) is 14.8. The van der Waals surface area contributed by atoms with Crippen molar-refractivity contribution in [1.29, 1.82) is 0 Å². The summed E-state index contributed by atoms with van der Waals surface area (Å²) >= 11 is 0. The number of aliphatic hydroxyl groups is 1. The highest BCUT2D eigenvalue weighted by Gasteiger charge is 2.27. The topological polar surface area (TPSA) is 66.6 Å². The molecule has 2 heterocycles. The van der Waals surface area contributed by atoms with Crippen molar-refractivity contribution in [2.75, 3.05) is 13.2 Å². The predicted molar refractivity (Wildman–Crippen MR) is 80.2 cm³/mol. The third kappa shape index (κ3) is 2.78. The molecule has 5 nitrogen and oxygen atoms in total. The van der Waals surface area contributed by atoms with Gasteiger partial charge in [-0.05, 0) is 43.7 Å². The minimum absolute atomic E-state index is 0.137. The third-order valence-electron chi connectivity index (χ3n) is 4.50. The summed E-state index contributed by atoms with van der Waals surface area (Å²) in [5, 5.41) is 12.3. The van der Waals surface area contributed by atoms with E-state index in [0.717, 1.165) is 30.6 Å². The summed E-state index contributed by atoms with van der Waals surface area (Å²) < 4.78 is 1.92. The molecule has 5 heteroatoms. The maximum atomic E-state index is 12.2. The van der Waals surface area contributed by atoms with Crippen LogP contribution in [0.15, 0.2) is 24.4 Å². The zero-order valence-corrected chi connectivity index (χ0v) is 12.2. The van der Waals surface area contributed by atoms with Gasteiger partial charge in [-0.2, -0.15) is 0 Å². The van der Waals surface area contributed by atoms with E-state index in [1.165, 1.54) is 0 Å². The van der Waals surface area contributed by atoms with Gasteiger partial charge in [-0.3, -0.25) is 4.79 Å². The molecule has 2 aromatic heterocycles. The summed E-state index contributed by atoms with van der Waals surface area (Å²) in [4.78, 5) is 16.6. The van der Waals surface area contributed by atoms with E-state index in [4.69, 9.17) is 0 Å². The Morgan fingerprint density at radius 3 is 3.00 bits per heavy atom. The molecule has 1 amide bonds. The maximum absolute atomic E-state index is 12.2. The number of pyridine rings is 1. The second kappa shape index (κ2) is 5.85. The molecule has 2 aromatic rings. The van der Waals surface area contributed by atoms with Crippen LogP contribution < -0.4 is 5.32 Å². The first kappa shape index (κ1) is 14.1. The highest BCUT2D eigenvalue weighted by molar-refractivity contribution is 5.92. The highest BCUT2D eigenvalue weighted by Crippen LogP contribution is 2.30. The van der Waals surface area contributed by atoms with Crippen LogP contribution in [-0.4, -0.2) is 33.6 Å². The Morgan fingerprint density at radius 2 is 2.24 bits per heavy atom. The van der Waals surface area contributed by atoms with Gasteiger partial charge in [0.15, 0.2) is 0 Å². The molecule has 3 rings (SSSR count). The van der Waals surface area contributed by atoms with Gasteiger partial charge in [0.05, 0.1) is 0 Å². The molecule has 2 unspecified atom stereocenters. The molecule has 0 aliphatic heterocycles. The van der Waals surface area contributed by atoms with Gasteiger partial charge in [-0.1, -0.05) is 12.5 Å². The van der Waals surface area contributed by atoms with Crippen molar-refractivity contribution in [2.24, 2.45) is 11.8 Å². The molecule has 1 aliphatic rings. The standard InChI is InChI=1S/C16H21N3O2/c1-11-4-2-7-15-18-14(9-19(11)15)16(21)17-8-12-5-3-6-13(12)10-20/h2,4,7,9,12-13,20H,3,5-6,8,10H2,1H3,(H,17,21). The number of rotatable bonds is 4. The maximum Gasteiger partial charge on any atom is 0.271 e. The molecule has 1 fully saturated rings. The van der Waals surface area contributed by atoms with Crippen molar-refractivity contribution in [1.82, 2.24) is 14.7 Å². The molecule has 2 atom stereocenters. The van der Waals surface area contributed by atoms with Crippen molar-refractivity contribution in [3.05, 3.63) is 35.8 Å². The van der Waals surface area contributed by atoms with Gasteiger partial charge in [0, 0.05) is 25.0 Å². The van der Waals surface area contributed by atoms with E-state index in [0.29, 0.717) is 24.1 Å². The number of nitrogens with zero attached hydrogens (tertiary/aromatic N) is 2. The Bertz CT molecular complexity index is 650. The van der Waals surface area contributed by atoms with Gasteiger partial charge >= 0.3 is 0 Å². The molecular weight excluding hydrogens is 266 g/mol. The Hall–Kier alpha value is -1.88. The monoisotopic (exact) mass is 287 g/mol. The van der Waals surface area contributed by atoms with Crippen LogP contribution in [0.2, 0.25) is 0 Å². The summed E-state index contributed by atoms with van der Waals surface area (Å²) in [6.45, 7) is 2.83. The number of fused-ring (bicyclic) bond motifs is 1. The quantitative estimate of drug-likeness (QED) is 0.901. The SMILES string of the molecule is Cc1cccc2nc(C(=O)NCC3CCCC3CO)cn12. The van der Waals surface area contributed by atoms with Crippen LogP contribution in [0.4, 0.5) is 0 Å². The van der Waals surface area contributed by atoms with E-state index in [-0.39, 0.29) is 12.5 Å². The van der Waals surface area contributed by atoms with Gasteiger partial charge in [0.25, 0.3) is 5.91 Å². The highest BCUT2D eigenvalue weighted by atomic mass is 16.3. The van der Waals surface area contributed by atoms with E-state index in [1.54, 1.807) is 6.20 Å². The fraction of sp³-hybridized carbons (Fsp3) is 0.500. The Morgan fingerprint density at radius 1 is 1.43 bits per heavy atom. The van der Waals surface area contributed by atoms with Crippen LogP contribution >= 0.6 is 0 Å². The minimum atomic E-state index is -0.137. The molecule has 1 saturated carbocycles. The molecule has 21 heavy (non-hydrogen) atoms. The van der Waals surface area contributed by atoms with E-state index in [1.807, 2.05) is 29.5 Å². The lowest BCUT2D eigenvalue weighted by Crippen LogP contribution is -2.31. The lowest BCUT2D eigenvalue weighted by atomic mass is 9.97. The fourth-order valence-corrected chi connectivity index (χ4v) is 3.19. The molecule has 2 N–H and O–H groups in total. The van der Waals surface area contributed by atoms with Crippen LogP contribution in [-0.2, 0) is 0 Å². The van der Waals surface area contributed by atoms with E-state index in [2.05, 4.69) is 10.3 Å². The molecule has 0 saturated heterocycles. The number of aryl methyl sites for hydroxylation is 1.